The highest BCUT2D eigenvalue weighted by Crippen LogP contribution is 2.19. The smallest absolute Gasteiger partial charge is 0.228 e. The van der Waals surface area contributed by atoms with Crippen LogP contribution in [0.2, 0.25) is 0 Å². The van der Waals surface area contributed by atoms with Crippen molar-refractivity contribution in [3.63, 3.8) is 0 Å². The maximum Gasteiger partial charge on any atom is 0.228 e. The van der Waals surface area contributed by atoms with Gasteiger partial charge in [-0.15, -0.1) is 0 Å². The van der Waals surface area contributed by atoms with E-state index < -0.39 is 5.79 Å². The fraction of sp³-hybridized carbons (Fsp3) is 0.312. The van der Waals surface area contributed by atoms with Gasteiger partial charge in [0, 0.05) is 24.7 Å². The molecule has 1 aromatic heterocycles. The molecule has 0 radical (unpaired) electrons. The Morgan fingerprint density at radius 1 is 1.26 bits per heavy atom. The average Bonchev–Trinajstić information content (AvgIpc) is 2.92. The van der Waals surface area contributed by atoms with Gasteiger partial charge in [0.15, 0.2) is 5.79 Å². The molecule has 1 aromatic carbocycles. The number of guanidine groups is 1. The van der Waals surface area contributed by atoms with Crippen molar-refractivity contribution in [1.82, 2.24) is 15.1 Å². The van der Waals surface area contributed by atoms with Crippen molar-refractivity contribution in [2.45, 2.75) is 19.6 Å². The third kappa shape index (κ3) is 3.24. The monoisotopic (exact) mass is 311 g/mol. The number of rotatable bonds is 3. The second-order valence-corrected chi connectivity index (χ2v) is 5.89. The molecule has 0 saturated carbocycles. The summed E-state index contributed by atoms with van der Waals surface area (Å²) in [6.45, 7) is 4.04. The molecule has 120 valence electrons. The molecule has 7 nitrogen and oxygen atoms in total. The number of hydrogen-bond donors (Lipinski definition) is 3. The quantitative estimate of drug-likeness (QED) is 0.801. The molecule has 2 heterocycles. The molecule has 1 atom stereocenters. The lowest BCUT2D eigenvalue weighted by molar-refractivity contribution is 0.295. The van der Waals surface area contributed by atoms with Crippen molar-refractivity contribution in [2.75, 3.05) is 5.32 Å². The van der Waals surface area contributed by atoms with E-state index in [1.807, 2.05) is 57.4 Å². The van der Waals surface area contributed by atoms with Crippen molar-refractivity contribution in [3.05, 3.63) is 48.3 Å². The summed E-state index contributed by atoms with van der Waals surface area (Å²) in [6, 6.07) is 9.87. The fourth-order valence-corrected chi connectivity index (χ4v) is 2.23. The molecule has 0 spiro atoms. The third-order valence-electron chi connectivity index (χ3n) is 3.72. The first-order valence-corrected chi connectivity index (χ1v) is 7.53. The van der Waals surface area contributed by atoms with Crippen LogP contribution in [-0.4, -0.2) is 27.4 Å². The van der Waals surface area contributed by atoms with Gasteiger partial charge in [-0.05, 0) is 0 Å². The third-order valence-corrected chi connectivity index (χ3v) is 3.72. The van der Waals surface area contributed by atoms with Gasteiger partial charge in [-0.2, -0.15) is 10.1 Å². The van der Waals surface area contributed by atoms with Gasteiger partial charge < -0.3 is 10.6 Å². The molecule has 4 N–H and O–H groups in total. The minimum Gasteiger partial charge on any atom is -0.333 e. The summed E-state index contributed by atoms with van der Waals surface area (Å²) in [5, 5.41) is 10.6. The number of aryl methyl sites for hydroxylation is 1. The molecule has 0 saturated heterocycles. The summed E-state index contributed by atoms with van der Waals surface area (Å²) in [7, 11) is 1.86. The van der Waals surface area contributed by atoms with Crippen LogP contribution in [0.1, 0.15) is 19.4 Å². The number of benzene rings is 1. The minimum absolute atomic E-state index is 0.0856. The zero-order valence-corrected chi connectivity index (χ0v) is 13.5. The molecule has 1 aliphatic rings. The van der Waals surface area contributed by atoms with Gasteiger partial charge in [-0.25, -0.2) is 4.99 Å². The van der Waals surface area contributed by atoms with Crippen LogP contribution in [0.15, 0.2) is 52.7 Å². The summed E-state index contributed by atoms with van der Waals surface area (Å²) < 4.78 is 1.71. The highest BCUT2D eigenvalue weighted by Gasteiger charge is 2.33. The van der Waals surface area contributed by atoms with E-state index in [2.05, 4.69) is 25.7 Å². The van der Waals surface area contributed by atoms with E-state index in [9.17, 15) is 0 Å². The molecule has 2 aromatic rings. The number of nitrogens with two attached hydrogens (primary N) is 1. The molecular weight excluding hydrogens is 290 g/mol. The molecule has 0 amide bonds. The molecule has 0 bridgehead atoms. The molecular formula is C16H21N7. The lowest BCUT2D eigenvalue weighted by Gasteiger charge is -2.35. The summed E-state index contributed by atoms with van der Waals surface area (Å²) in [4.78, 5) is 9.10. The van der Waals surface area contributed by atoms with Crippen molar-refractivity contribution in [2.24, 2.45) is 28.7 Å². The maximum absolute atomic E-state index is 6.44. The maximum atomic E-state index is 6.44. The van der Waals surface area contributed by atoms with Crippen LogP contribution >= 0.6 is 0 Å². The molecule has 0 fully saturated rings. The SMILES string of the molecule is CC(C)C1(N)N=C(Nc2cnn(C)c2)N=C(c2ccccc2)N1. The van der Waals surface area contributed by atoms with Gasteiger partial charge in [0.05, 0.1) is 11.9 Å². The first kappa shape index (κ1) is 15.2. The Bertz CT molecular complexity index is 745. The molecule has 3 rings (SSSR count). The Morgan fingerprint density at radius 3 is 2.61 bits per heavy atom. The van der Waals surface area contributed by atoms with Crippen LogP contribution in [0.5, 0.6) is 0 Å². The summed E-state index contributed by atoms with van der Waals surface area (Å²) in [6.07, 6.45) is 3.58. The van der Waals surface area contributed by atoms with E-state index in [4.69, 9.17) is 5.73 Å². The average molecular weight is 311 g/mol. The molecule has 23 heavy (non-hydrogen) atoms. The van der Waals surface area contributed by atoms with E-state index in [0.29, 0.717) is 11.8 Å². The number of amidine groups is 1. The molecule has 1 aliphatic heterocycles. The Kier molecular flexibility index (Phi) is 3.87. The summed E-state index contributed by atoms with van der Waals surface area (Å²) in [5.74, 6) is 0.328. The Balaban J connectivity index is 1.96. The van der Waals surface area contributed by atoms with Crippen LogP contribution < -0.4 is 16.4 Å². The van der Waals surface area contributed by atoms with Gasteiger partial charge in [0.2, 0.25) is 5.96 Å². The van der Waals surface area contributed by atoms with Gasteiger partial charge >= 0.3 is 0 Å². The van der Waals surface area contributed by atoms with Crippen LogP contribution in [0.25, 0.3) is 0 Å². The number of aliphatic imine (C=N–C) groups is 2. The van der Waals surface area contributed by atoms with Gasteiger partial charge in [0.25, 0.3) is 0 Å². The Morgan fingerprint density at radius 2 is 2.00 bits per heavy atom. The molecule has 0 aliphatic carbocycles. The van der Waals surface area contributed by atoms with Crippen molar-refractivity contribution < 1.29 is 0 Å². The van der Waals surface area contributed by atoms with Crippen molar-refractivity contribution >= 4 is 17.5 Å². The number of aromatic nitrogens is 2. The lowest BCUT2D eigenvalue weighted by Crippen LogP contribution is -2.61. The predicted octanol–water partition coefficient (Wildman–Crippen LogP) is 1.51. The zero-order chi connectivity index (χ0) is 16.4. The largest absolute Gasteiger partial charge is 0.333 e. The predicted molar refractivity (Wildman–Crippen MR) is 92.1 cm³/mol. The minimum atomic E-state index is -0.919. The van der Waals surface area contributed by atoms with E-state index in [1.165, 1.54) is 0 Å². The molecule has 7 heteroatoms. The Hall–Kier alpha value is -2.67. The van der Waals surface area contributed by atoms with Gasteiger partial charge in [0.1, 0.15) is 5.84 Å². The number of anilines is 1. The van der Waals surface area contributed by atoms with Crippen molar-refractivity contribution in [3.8, 4) is 0 Å². The van der Waals surface area contributed by atoms with E-state index in [1.54, 1.807) is 10.9 Å². The van der Waals surface area contributed by atoms with E-state index >= 15 is 0 Å². The zero-order valence-electron chi connectivity index (χ0n) is 13.5. The topological polar surface area (TPSA) is 92.6 Å². The number of nitrogens with one attached hydrogen (secondary N) is 2. The first-order chi connectivity index (χ1) is 11.0. The van der Waals surface area contributed by atoms with Gasteiger partial charge in [-0.1, -0.05) is 44.2 Å². The van der Waals surface area contributed by atoms with Crippen LogP contribution in [0.4, 0.5) is 5.69 Å². The normalized spacial score (nSPS) is 20.7. The van der Waals surface area contributed by atoms with Crippen LogP contribution in [-0.2, 0) is 7.05 Å². The molecule has 1 unspecified atom stereocenters. The van der Waals surface area contributed by atoms with E-state index in [-0.39, 0.29) is 5.92 Å². The highest BCUT2D eigenvalue weighted by molar-refractivity contribution is 6.10. The second kappa shape index (κ2) is 5.85. The Labute approximate surface area is 135 Å². The summed E-state index contributed by atoms with van der Waals surface area (Å²) in [5.41, 5.74) is 8.22. The van der Waals surface area contributed by atoms with Crippen LogP contribution in [0.3, 0.4) is 0 Å². The van der Waals surface area contributed by atoms with Crippen LogP contribution in [0, 0.1) is 5.92 Å². The van der Waals surface area contributed by atoms with E-state index in [0.717, 1.165) is 11.3 Å². The highest BCUT2D eigenvalue weighted by atomic mass is 15.4. The first-order valence-electron chi connectivity index (χ1n) is 7.53. The standard InChI is InChI=1S/C16H21N7/c1-11(2)16(17)21-14(12-7-5-4-6-8-12)20-15(22-16)19-13-9-18-23(3)10-13/h4-11H,17H2,1-3H3,(H2,19,20,21,22). The van der Waals surface area contributed by atoms with Gasteiger partial charge in [-0.3, -0.25) is 10.4 Å². The summed E-state index contributed by atoms with van der Waals surface area (Å²) >= 11 is 0. The fourth-order valence-electron chi connectivity index (χ4n) is 2.23. The second-order valence-electron chi connectivity index (χ2n) is 5.89. The lowest BCUT2D eigenvalue weighted by atomic mass is 10.0. The number of hydrogen-bond acceptors (Lipinski definition) is 6. The van der Waals surface area contributed by atoms with Crippen molar-refractivity contribution in [1.29, 1.82) is 0 Å². The number of nitrogens with zero attached hydrogens (tertiary/aromatic N) is 4.